The summed E-state index contributed by atoms with van der Waals surface area (Å²) in [6.07, 6.45) is 15.4. The molecule has 2 aliphatic carbocycles. The quantitative estimate of drug-likeness (QED) is 0.0139. The summed E-state index contributed by atoms with van der Waals surface area (Å²) in [4.78, 5) is 40.4. The average Bonchev–Trinajstić information content (AvgIpc) is 3.14. The average molecular weight is 789 g/mol. The zero-order valence-corrected chi connectivity index (χ0v) is 34.0. The highest BCUT2D eigenvalue weighted by molar-refractivity contribution is 6.22. The number of piperidine rings is 1. The maximum Gasteiger partial charge on any atom is 0.249 e. The molecule has 9 N–H and O–H groups in total. The Labute approximate surface area is 332 Å². The lowest BCUT2D eigenvalue weighted by Gasteiger charge is -2.64. The first kappa shape index (κ1) is 44.6. The topological polar surface area (TPSA) is 208 Å². The Balaban J connectivity index is 1.10. The number of allylic oxidation sites excluding steroid dienone is 2. The number of hydrogen-bond acceptors (Lipinski definition) is 12. The van der Waals surface area contributed by atoms with Crippen LogP contribution in [0.25, 0.3) is 0 Å². The molecule has 2 aliphatic heterocycles. The number of nitrogens with zero attached hydrogens (tertiary/aromatic N) is 2. The minimum Gasteiger partial charge on any atom is -0.492 e. The molecule has 0 aromatic heterocycles. The smallest absolute Gasteiger partial charge is 0.249 e. The summed E-state index contributed by atoms with van der Waals surface area (Å²) in [5.41, 5.74) is 11.7. The molecule has 55 heavy (non-hydrogen) atoms. The SMILES string of the molecule is CC(/C=C\C(CN)C(O)NC1C(C)(C)C(OC2=CC(Cl)C(N)C=C2)C1(C)C)N1CCN(CCCCCCO/C(C=N)=C/C(=O)NC2CCC(=O)NC2=O)CC1. The monoisotopic (exact) mass is 788 g/mol. The van der Waals surface area contributed by atoms with Crippen LogP contribution >= 0.6 is 11.6 Å². The molecule has 3 amide bonds. The maximum absolute atomic E-state index is 12.3. The molecule has 0 aromatic carbocycles. The third-order valence-electron chi connectivity index (χ3n) is 11.5. The molecule has 0 radical (unpaired) electrons. The molecular formula is C40H65ClN8O6. The molecule has 0 bridgehead atoms. The van der Waals surface area contributed by atoms with Gasteiger partial charge in [0, 0.05) is 80.1 Å². The highest BCUT2D eigenvalue weighted by Crippen LogP contribution is 2.56. The molecule has 14 nitrogen and oxygen atoms in total. The van der Waals surface area contributed by atoms with E-state index in [2.05, 4.69) is 72.5 Å². The summed E-state index contributed by atoms with van der Waals surface area (Å²) < 4.78 is 12.0. The predicted octanol–water partition coefficient (Wildman–Crippen LogP) is 2.27. The van der Waals surface area contributed by atoms with Gasteiger partial charge in [0.25, 0.3) is 0 Å². The largest absolute Gasteiger partial charge is 0.492 e. The van der Waals surface area contributed by atoms with Crippen LogP contribution in [0.3, 0.4) is 0 Å². The summed E-state index contributed by atoms with van der Waals surface area (Å²) in [6, 6.07) is -0.776. The Morgan fingerprint density at radius 2 is 1.82 bits per heavy atom. The van der Waals surface area contributed by atoms with Crippen molar-refractivity contribution in [1.29, 1.82) is 5.41 Å². The van der Waals surface area contributed by atoms with Gasteiger partial charge in [0.1, 0.15) is 29.9 Å². The van der Waals surface area contributed by atoms with Gasteiger partial charge >= 0.3 is 0 Å². The molecule has 1 saturated carbocycles. The van der Waals surface area contributed by atoms with Crippen molar-refractivity contribution in [1.82, 2.24) is 25.8 Å². The number of carbonyl (C=O) groups excluding carboxylic acids is 3. The molecule has 308 valence electrons. The van der Waals surface area contributed by atoms with E-state index in [4.69, 9.17) is 38.0 Å². The van der Waals surface area contributed by atoms with Gasteiger partial charge in [0.2, 0.25) is 17.7 Å². The van der Waals surface area contributed by atoms with Crippen molar-refractivity contribution in [3.63, 3.8) is 0 Å². The molecule has 2 saturated heterocycles. The number of imide groups is 1. The molecule has 0 aromatic rings. The number of hydrogen-bond donors (Lipinski definition) is 7. The fraction of sp³-hybridized carbons (Fsp3) is 0.700. The molecule has 6 atom stereocenters. The van der Waals surface area contributed by atoms with Gasteiger partial charge in [0.05, 0.1) is 18.2 Å². The van der Waals surface area contributed by atoms with Crippen LogP contribution in [-0.2, 0) is 23.9 Å². The van der Waals surface area contributed by atoms with Crippen LogP contribution in [0.2, 0.25) is 0 Å². The number of nitrogens with one attached hydrogen (secondary N) is 4. The van der Waals surface area contributed by atoms with Gasteiger partial charge in [-0.3, -0.25) is 29.9 Å². The first-order valence-electron chi connectivity index (χ1n) is 19.8. The van der Waals surface area contributed by atoms with E-state index in [-0.39, 0.29) is 70.9 Å². The van der Waals surface area contributed by atoms with Crippen LogP contribution in [-0.4, -0.2) is 127 Å². The van der Waals surface area contributed by atoms with Crippen LogP contribution in [0.5, 0.6) is 0 Å². The second-order valence-corrected chi connectivity index (χ2v) is 17.0. The summed E-state index contributed by atoms with van der Waals surface area (Å²) in [5.74, 6) is -0.785. The summed E-state index contributed by atoms with van der Waals surface area (Å²) in [5, 5.41) is 26.8. The predicted molar refractivity (Wildman–Crippen MR) is 215 cm³/mol. The Kier molecular flexibility index (Phi) is 16.5. The number of amides is 3. The molecule has 4 rings (SSSR count). The van der Waals surface area contributed by atoms with E-state index in [9.17, 15) is 19.5 Å². The van der Waals surface area contributed by atoms with E-state index in [0.29, 0.717) is 13.2 Å². The van der Waals surface area contributed by atoms with Crippen molar-refractivity contribution >= 4 is 35.5 Å². The van der Waals surface area contributed by atoms with E-state index >= 15 is 0 Å². The Morgan fingerprint density at radius 3 is 2.45 bits per heavy atom. The van der Waals surface area contributed by atoms with Gasteiger partial charge in [-0.1, -0.05) is 58.8 Å². The van der Waals surface area contributed by atoms with Gasteiger partial charge in [-0.25, -0.2) is 0 Å². The first-order valence-corrected chi connectivity index (χ1v) is 20.2. The molecule has 2 heterocycles. The Hall–Kier alpha value is -3.11. The lowest BCUT2D eigenvalue weighted by Crippen LogP contribution is -2.74. The third-order valence-corrected chi connectivity index (χ3v) is 11.9. The van der Waals surface area contributed by atoms with E-state index in [1.165, 1.54) is 0 Å². The highest BCUT2D eigenvalue weighted by Gasteiger charge is 2.64. The lowest BCUT2D eigenvalue weighted by atomic mass is 9.49. The molecule has 6 unspecified atom stereocenters. The third kappa shape index (κ3) is 12.2. The summed E-state index contributed by atoms with van der Waals surface area (Å²) in [7, 11) is 0. The van der Waals surface area contributed by atoms with Gasteiger partial charge in [-0.2, -0.15) is 0 Å². The van der Waals surface area contributed by atoms with E-state index < -0.39 is 24.1 Å². The number of nitrogens with two attached hydrogens (primary N) is 2. The van der Waals surface area contributed by atoms with Crippen LogP contribution in [0.4, 0.5) is 0 Å². The molecule has 15 heteroatoms. The second kappa shape index (κ2) is 20.4. The van der Waals surface area contributed by atoms with Crippen molar-refractivity contribution in [2.45, 2.75) is 115 Å². The number of rotatable bonds is 20. The number of ether oxygens (including phenoxy) is 2. The first-order chi connectivity index (χ1) is 26.1. The van der Waals surface area contributed by atoms with Crippen LogP contribution < -0.4 is 27.4 Å². The Morgan fingerprint density at radius 1 is 1.13 bits per heavy atom. The minimum absolute atomic E-state index is 0.000506. The number of unbranched alkanes of at least 4 members (excludes halogenated alkanes) is 3. The van der Waals surface area contributed by atoms with E-state index in [1.54, 1.807) is 0 Å². The molecule has 4 aliphatic rings. The molecule has 3 fully saturated rings. The van der Waals surface area contributed by atoms with Crippen molar-refractivity contribution in [2.24, 2.45) is 28.2 Å². The van der Waals surface area contributed by atoms with Crippen LogP contribution in [0, 0.1) is 22.2 Å². The summed E-state index contributed by atoms with van der Waals surface area (Å²) in [6.45, 7) is 16.5. The van der Waals surface area contributed by atoms with Crippen molar-refractivity contribution in [3.05, 3.63) is 48.0 Å². The van der Waals surface area contributed by atoms with E-state index in [0.717, 1.165) is 76.5 Å². The van der Waals surface area contributed by atoms with E-state index in [1.807, 2.05) is 18.2 Å². The van der Waals surface area contributed by atoms with Gasteiger partial charge in [-0.15, -0.1) is 11.6 Å². The van der Waals surface area contributed by atoms with Crippen molar-refractivity contribution in [3.8, 4) is 0 Å². The fourth-order valence-corrected chi connectivity index (χ4v) is 8.62. The zero-order chi connectivity index (χ0) is 40.3. The fourth-order valence-electron chi connectivity index (χ4n) is 8.41. The van der Waals surface area contributed by atoms with Crippen molar-refractivity contribution in [2.75, 3.05) is 45.9 Å². The maximum atomic E-state index is 12.3. The highest BCUT2D eigenvalue weighted by atomic mass is 35.5. The van der Waals surface area contributed by atoms with Gasteiger partial charge in [-0.05, 0) is 44.9 Å². The van der Waals surface area contributed by atoms with Crippen molar-refractivity contribution < 1.29 is 29.0 Å². The standard InChI is InChI=1S/C40H65ClN8O6/c1-26(10-11-27(24-42)35(52)47-37-39(2,3)38(40(37,4)5)55-28-12-13-31(44)30(41)22-28)49-19-17-48(18-20-49)16-8-6-7-9-21-54-29(25-43)23-34(51)45-32-14-15-33(50)46-36(32)53/h10-13,22-23,25-27,30-32,35,37-38,43,47,52H,6-9,14-21,24,42,44H2,1-5H3,(H,45,51)(H,46,50,53)/b11-10-,29-23+,43-25?. The summed E-state index contributed by atoms with van der Waals surface area (Å²) >= 11 is 6.35. The number of alkyl halides is 1. The lowest BCUT2D eigenvalue weighted by molar-refractivity contribution is -0.202. The van der Waals surface area contributed by atoms with Gasteiger partial charge < -0.3 is 41.7 Å². The number of carbonyl (C=O) groups is 3. The normalized spacial score (nSPS) is 28.8. The van der Waals surface area contributed by atoms with Gasteiger partial charge in [0.15, 0.2) is 0 Å². The second-order valence-electron chi connectivity index (χ2n) is 16.5. The molecule has 0 spiro atoms. The molecular weight excluding hydrogens is 724 g/mol. The van der Waals surface area contributed by atoms with Crippen LogP contribution in [0.15, 0.2) is 48.0 Å². The number of halogens is 1. The Bertz CT molecular complexity index is 1440. The minimum atomic E-state index is -0.798. The number of aliphatic hydroxyl groups is 1. The van der Waals surface area contributed by atoms with Crippen LogP contribution in [0.1, 0.15) is 73.1 Å². The number of piperazine rings is 1. The zero-order valence-electron chi connectivity index (χ0n) is 33.3. The number of aliphatic hydroxyl groups excluding tert-OH is 1.